The van der Waals surface area contributed by atoms with Gasteiger partial charge >= 0.3 is 0 Å². The molecule has 0 saturated heterocycles. The highest BCUT2D eigenvalue weighted by Crippen LogP contribution is 2.35. The number of nitrogens with one attached hydrogen (secondary N) is 2. The summed E-state index contributed by atoms with van der Waals surface area (Å²) in [7, 11) is 0. The molecule has 0 aliphatic carbocycles. The molecule has 0 spiro atoms. The molecule has 43 heavy (non-hydrogen) atoms. The molecule has 0 fully saturated rings. The molecule has 2 heterocycles. The third kappa shape index (κ3) is 5.46. The second-order valence-electron chi connectivity index (χ2n) is 10.1. The van der Waals surface area contributed by atoms with E-state index in [0.29, 0.717) is 5.56 Å². The number of carbonyl (C=O) groups excluding carboxylic acids is 1. The van der Waals surface area contributed by atoms with Gasteiger partial charge in [-0.2, -0.15) is 5.10 Å². The first-order valence-corrected chi connectivity index (χ1v) is 15.0. The number of imidazole rings is 1. The van der Waals surface area contributed by atoms with E-state index in [1.54, 1.807) is 18.0 Å². The lowest BCUT2D eigenvalue weighted by molar-refractivity contribution is 0.0955. The number of fused-ring (bicyclic) bond motifs is 2. The highest BCUT2D eigenvalue weighted by molar-refractivity contribution is 7.98. The van der Waals surface area contributed by atoms with Gasteiger partial charge in [-0.05, 0) is 53.6 Å². The third-order valence-electron chi connectivity index (χ3n) is 7.29. The molecule has 7 rings (SSSR count). The Morgan fingerprint density at radius 2 is 1.51 bits per heavy atom. The molecule has 208 valence electrons. The summed E-state index contributed by atoms with van der Waals surface area (Å²) in [5.74, 6) is 0.481. The van der Waals surface area contributed by atoms with Crippen LogP contribution in [0.3, 0.4) is 0 Å². The van der Waals surface area contributed by atoms with Gasteiger partial charge in [0.15, 0.2) is 5.16 Å². The van der Waals surface area contributed by atoms with Gasteiger partial charge in [-0.15, -0.1) is 0 Å². The number of carbonyl (C=O) groups is 1. The monoisotopic (exact) mass is 577 g/mol. The van der Waals surface area contributed by atoms with Crippen molar-refractivity contribution in [3.63, 3.8) is 0 Å². The summed E-state index contributed by atoms with van der Waals surface area (Å²) in [5.41, 5.74) is 11.5. The lowest BCUT2D eigenvalue weighted by Gasteiger charge is -2.12. The SMILES string of the molecule is O=C(N/N=C/c1c(-c2ccccc2)n(-c2ccccc2)c2ccccc12)c1ccc(CSc2nc3ccccc3[nH]2)cc1. The minimum atomic E-state index is -0.263. The van der Waals surface area contributed by atoms with Crippen LogP contribution in [0.5, 0.6) is 0 Å². The number of para-hydroxylation sites is 4. The number of aromatic amines is 1. The number of thioether (sulfide) groups is 1. The summed E-state index contributed by atoms with van der Waals surface area (Å²) < 4.78 is 2.25. The second kappa shape index (κ2) is 11.8. The van der Waals surface area contributed by atoms with E-state index in [0.717, 1.165) is 60.9 Å². The predicted octanol–water partition coefficient (Wildman–Crippen LogP) is 8.23. The number of amides is 1. The molecule has 0 atom stereocenters. The smallest absolute Gasteiger partial charge is 0.271 e. The zero-order valence-electron chi connectivity index (χ0n) is 23.1. The van der Waals surface area contributed by atoms with Crippen molar-refractivity contribution in [1.29, 1.82) is 0 Å². The fourth-order valence-electron chi connectivity index (χ4n) is 5.24. The predicted molar refractivity (Wildman–Crippen MR) is 176 cm³/mol. The molecule has 2 N–H and O–H groups in total. The number of benzene rings is 5. The van der Waals surface area contributed by atoms with Crippen molar-refractivity contribution in [3.05, 3.63) is 150 Å². The van der Waals surface area contributed by atoms with Gasteiger partial charge in [-0.1, -0.05) is 103 Å². The van der Waals surface area contributed by atoms with Gasteiger partial charge in [0.1, 0.15) is 0 Å². The number of hydrogen-bond donors (Lipinski definition) is 2. The van der Waals surface area contributed by atoms with Crippen LogP contribution in [0, 0.1) is 0 Å². The molecular weight excluding hydrogens is 550 g/mol. The summed E-state index contributed by atoms with van der Waals surface area (Å²) in [4.78, 5) is 21.0. The highest BCUT2D eigenvalue weighted by Gasteiger charge is 2.18. The fourth-order valence-corrected chi connectivity index (χ4v) is 6.08. The zero-order valence-corrected chi connectivity index (χ0v) is 24.0. The number of rotatable bonds is 8. The number of nitrogens with zero attached hydrogens (tertiary/aromatic N) is 3. The zero-order chi connectivity index (χ0) is 29.0. The maximum absolute atomic E-state index is 13.0. The highest BCUT2D eigenvalue weighted by atomic mass is 32.2. The number of aromatic nitrogens is 3. The molecule has 0 aliphatic rings. The van der Waals surface area contributed by atoms with E-state index < -0.39 is 0 Å². The van der Waals surface area contributed by atoms with Crippen LogP contribution in [-0.2, 0) is 5.75 Å². The normalized spacial score (nSPS) is 11.4. The maximum Gasteiger partial charge on any atom is 0.271 e. The molecule has 7 heteroatoms. The van der Waals surface area contributed by atoms with Crippen molar-refractivity contribution in [3.8, 4) is 16.9 Å². The summed E-state index contributed by atoms with van der Waals surface area (Å²) in [6.07, 6.45) is 1.75. The molecule has 1 amide bonds. The van der Waals surface area contributed by atoms with E-state index in [4.69, 9.17) is 0 Å². The maximum atomic E-state index is 13.0. The molecule has 5 aromatic carbocycles. The topological polar surface area (TPSA) is 75.1 Å². The van der Waals surface area contributed by atoms with E-state index in [1.165, 1.54) is 0 Å². The Hall–Kier alpha value is -5.40. The van der Waals surface area contributed by atoms with E-state index in [9.17, 15) is 4.79 Å². The third-order valence-corrected chi connectivity index (χ3v) is 8.24. The summed E-state index contributed by atoms with van der Waals surface area (Å²) in [5, 5.41) is 6.35. The van der Waals surface area contributed by atoms with E-state index in [-0.39, 0.29) is 5.91 Å². The van der Waals surface area contributed by atoms with Gasteiger partial charge in [0, 0.05) is 28.0 Å². The van der Waals surface area contributed by atoms with Crippen LogP contribution in [-0.4, -0.2) is 26.7 Å². The average Bonchev–Trinajstić information content (AvgIpc) is 3.64. The lowest BCUT2D eigenvalue weighted by Crippen LogP contribution is -2.17. The Labute approximate surface area is 253 Å². The average molecular weight is 578 g/mol. The summed E-state index contributed by atoms with van der Waals surface area (Å²) >= 11 is 1.63. The first kappa shape index (κ1) is 26.5. The quantitative estimate of drug-likeness (QED) is 0.109. The van der Waals surface area contributed by atoms with Crippen molar-refractivity contribution < 1.29 is 4.79 Å². The Kier molecular flexibility index (Phi) is 7.29. The molecule has 7 aromatic rings. The molecule has 0 aliphatic heterocycles. The van der Waals surface area contributed by atoms with Crippen molar-refractivity contribution in [2.45, 2.75) is 10.9 Å². The van der Waals surface area contributed by atoms with Gasteiger partial charge in [0.05, 0.1) is 28.5 Å². The Morgan fingerprint density at radius 3 is 2.30 bits per heavy atom. The van der Waals surface area contributed by atoms with Crippen LogP contribution in [0.4, 0.5) is 0 Å². The Morgan fingerprint density at radius 1 is 0.814 bits per heavy atom. The van der Waals surface area contributed by atoms with Crippen molar-refractivity contribution in [2.75, 3.05) is 0 Å². The van der Waals surface area contributed by atoms with Gasteiger partial charge in [-0.25, -0.2) is 10.4 Å². The van der Waals surface area contributed by atoms with Crippen LogP contribution in [0.1, 0.15) is 21.5 Å². The first-order chi connectivity index (χ1) is 21.2. The molecule has 0 saturated carbocycles. The first-order valence-electron chi connectivity index (χ1n) is 14.0. The Bertz CT molecular complexity index is 2030. The van der Waals surface area contributed by atoms with Crippen LogP contribution in [0.15, 0.2) is 144 Å². The van der Waals surface area contributed by atoms with Crippen molar-refractivity contribution >= 4 is 45.8 Å². The minimum Gasteiger partial charge on any atom is -0.333 e. The van der Waals surface area contributed by atoms with E-state index >= 15 is 0 Å². The van der Waals surface area contributed by atoms with Crippen molar-refractivity contribution in [1.82, 2.24) is 20.0 Å². The molecule has 6 nitrogen and oxygen atoms in total. The van der Waals surface area contributed by atoms with Crippen LogP contribution < -0.4 is 5.43 Å². The van der Waals surface area contributed by atoms with E-state index in [1.807, 2.05) is 97.1 Å². The number of hydrazone groups is 1. The standard InChI is InChI=1S/C36H27N5OS/c42-35(27-21-19-25(20-22-27)24-43-36-38-31-16-8-9-17-32(31)39-36)40-37-23-30-29-15-7-10-18-33(29)41(28-13-5-2-6-14-28)34(30)26-11-3-1-4-12-26/h1-23H,24H2,(H,38,39)(H,40,42)/b37-23+. The van der Waals surface area contributed by atoms with Gasteiger partial charge < -0.3 is 9.55 Å². The fraction of sp³-hybridized carbons (Fsp3) is 0.0278. The number of hydrogen-bond acceptors (Lipinski definition) is 4. The summed E-state index contributed by atoms with van der Waals surface area (Å²) in [6, 6.07) is 44.4. The molecule has 0 unspecified atom stereocenters. The van der Waals surface area contributed by atoms with Gasteiger partial charge in [0.2, 0.25) is 0 Å². The molecule has 0 bridgehead atoms. The molecular formula is C36H27N5OS. The van der Waals surface area contributed by atoms with Crippen LogP contribution >= 0.6 is 11.8 Å². The van der Waals surface area contributed by atoms with Crippen LogP contribution in [0.25, 0.3) is 38.9 Å². The Balaban J connectivity index is 1.12. The van der Waals surface area contributed by atoms with Crippen LogP contribution in [0.2, 0.25) is 0 Å². The van der Waals surface area contributed by atoms with Crippen molar-refractivity contribution in [2.24, 2.45) is 5.10 Å². The van der Waals surface area contributed by atoms with E-state index in [2.05, 4.69) is 61.5 Å². The lowest BCUT2D eigenvalue weighted by atomic mass is 10.1. The second-order valence-corrected chi connectivity index (χ2v) is 11.0. The number of H-pyrrole nitrogens is 1. The largest absolute Gasteiger partial charge is 0.333 e. The summed E-state index contributed by atoms with van der Waals surface area (Å²) in [6.45, 7) is 0. The minimum absolute atomic E-state index is 0.263. The molecule has 0 radical (unpaired) electrons. The molecule has 2 aromatic heterocycles. The van der Waals surface area contributed by atoms with Gasteiger partial charge in [0.25, 0.3) is 5.91 Å². The van der Waals surface area contributed by atoms with Gasteiger partial charge in [-0.3, -0.25) is 4.79 Å².